The molecule has 1 aromatic carbocycles. The molecule has 0 unspecified atom stereocenters. The molecule has 0 atom stereocenters. The molecule has 16 heavy (non-hydrogen) atoms. The molecule has 0 heterocycles. The summed E-state index contributed by atoms with van der Waals surface area (Å²) in [6.07, 6.45) is 7.82. The third-order valence-corrected chi connectivity index (χ3v) is 2.23. The second-order valence-electron chi connectivity index (χ2n) is 3.29. The van der Waals surface area contributed by atoms with Gasteiger partial charge in [-0.15, -0.1) is 0 Å². The van der Waals surface area contributed by atoms with Crippen LogP contribution in [0.1, 0.15) is 12.5 Å². The second-order valence-corrected chi connectivity index (χ2v) is 3.29. The molecule has 0 fully saturated rings. The van der Waals surface area contributed by atoms with Crippen LogP contribution < -0.4 is 0 Å². The fourth-order valence-electron chi connectivity index (χ4n) is 1.46. The topological polar surface area (TPSA) is 12.4 Å². The van der Waals surface area contributed by atoms with Crippen LogP contribution in [-0.2, 0) is 0 Å². The SMILES string of the molecule is C=C/C(=C\C=C/C)C(=NC)c1ccccc1. The molecule has 1 nitrogen and oxygen atoms in total. The van der Waals surface area contributed by atoms with Gasteiger partial charge in [-0.1, -0.05) is 61.2 Å². The number of nitrogens with zero attached hydrogens (tertiary/aromatic N) is 1. The van der Waals surface area contributed by atoms with Crippen LogP contribution in [0.4, 0.5) is 0 Å². The third-order valence-electron chi connectivity index (χ3n) is 2.23. The normalized spacial score (nSPS) is 13.1. The first-order valence-corrected chi connectivity index (χ1v) is 5.31. The van der Waals surface area contributed by atoms with E-state index in [4.69, 9.17) is 0 Å². The molecular formula is C15H17N. The van der Waals surface area contributed by atoms with Gasteiger partial charge in [0, 0.05) is 12.6 Å². The summed E-state index contributed by atoms with van der Waals surface area (Å²) in [5.74, 6) is 0. The van der Waals surface area contributed by atoms with Gasteiger partial charge in [-0.25, -0.2) is 0 Å². The third kappa shape index (κ3) is 3.06. The molecule has 0 saturated carbocycles. The van der Waals surface area contributed by atoms with Crippen molar-refractivity contribution in [1.82, 2.24) is 0 Å². The molecule has 0 saturated heterocycles. The largest absolute Gasteiger partial charge is 0.287 e. The van der Waals surface area contributed by atoms with E-state index in [0.717, 1.165) is 16.8 Å². The van der Waals surface area contributed by atoms with Gasteiger partial charge in [0.05, 0.1) is 5.71 Å². The first-order valence-electron chi connectivity index (χ1n) is 5.31. The fourth-order valence-corrected chi connectivity index (χ4v) is 1.46. The van der Waals surface area contributed by atoms with Crippen molar-refractivity contribution in [2.24, 2.45) is 4.99 Å². The Labute approximate surface area is 97.5 Å². The standard InChI is InChI=1S/C15H17N/c1-4-6-10-13(5-2)15(16-3)14-11-8-7-9-12-14/h4-12H,2H2,1,3H3/b6-4-,13-10+,16-15?. The zero-order valence-corrected chi connectivity index (χ0v) is 9.85. The molecule has 0 amide bonds. The lowest BCUT2D eigenvalue weighted by Gasteiger charge is -2.06. The van der Waals surface area contributed by atoms with Gasteiger partial charge in [0.25, 0.3) is 0 Å². The predicted molar refractivity (Wildman–Crippen MR) is 72.0 cm³/mol. The summed E-state index contributed by atoms with van der Waals surface area (Å²) >= 11 is 0. The predicted octanol–water partition coefficient (Wildman–Crippen LogP) is 3.79. The lowest BCUT2D eigenvalue weighted by atomic mass is 10.0. The molecule has 0 spiro atoms. The lowest BCUT2D eigenvalue weighted by Crippen LogP contribution is -2.02. The van der Waals surface area contributed by atoms with Crippen LogP contribution in [0.15, 0.2) is 71.8 Å². The highest BCUT2D eigenvalue weighted by Crippen LogP contribution is 2.10. The van der Waals surface area contributed by atoms with Gasteiger partial charge in [-0.3, -0.25) is 4.99 Å². The summed E-state index contributed by atoms with van der Waals surface area (Å²) in [5.41, 5.74) is 3.11. The van der Waals surface area contributed by atoms with Crippen molar-refractivity contribution in [2.45, 2.75) is 6.92 Å². The second kappa shape index (κ2) is 6.57. The highest BCUT2D eigenvalue weighted by molar-refractivity contribution is 6.14. The minimum Gasteiger partial charge on any atom is -0.287 e. The van der Waals surface area contributed by atoms with Gasteiger partial charge in [0.1, 0.15) is 0 Å². The number of hydrogen-bond acceptors (Lipinski definition) is 1. The molecule has 0 aliphatic carbocycles. The maximum absolute atomic E-state index is 4.33. The number of rotatable bonds is 4. The fraction of sp³-hybridized carbons (Fsp3) is 0.133. The first kappa shape index (κ1) is 12.2. The van der Waals surface area contributed by atoms with E-state index >= 15 is 0 Å². The Hall–Kier alpha value is -1.89. The van der Waals surface area contributed by atoms with E-state index in [1.54, 1.807) is 7.05 Å². The summed E-state index contributed by atoms with van der Waals surface area (Å²) in [5, 5.41) is 0. The van der Waals surface area contributed by atoms with E-state index in [1.165, 1.54) is 0 Å². The number of allylic oxidation sites excluding steroid dienone is 5. The van der Waals surface area contributed by atoms with Crippen LogP contribution in [0.5, 0.6) is 0 Å². The van der Waals surface area contributed by atoms with Gasteiger partial charge in [-0.2, -0.15) is 0 Å². The Kier molecular flexibility index (Phi) is 5.00. The van der Waals surface area contributed by atoms with Crippen LogP contribution in [0.3, 0.4) is 0 Å². The molecule has 0 bridgehead atoms. The highest BCUT2D eigenvalue weighted by Gasteiger charge is 2.04. The smallest absolute Gasteiger partial charge is 0.0715 e. The minimum absolute atomic E-state index is 0.966. The van der Waals surface area contributed by atoms with Crippen molar-refractivity contribution < 1.29 is 0 Å². The average Bonchev–Trinajstić information content (AvgIpc) is 2.35. The quantitative estimate of drug-likeness (QED) is 0.530. The molecule has 1 aromatic rings. The van der Waals surface area contributed by atoms with Crippen molar-refractivity contribution in [3.05, 3.63) is 72.4 Å². The van der Waals surface area contributed by atoms with Crippen LogP contribution in [0, 0.1) is 0 Å². The number of aliphatic imine (C=N–C) groups is 1. The Morgan fingerprint density at radius 2 is 1.94 bits per heavy atom. The zero-order valence-electron chi connectivity index (χ0n) is 9.85. The summed E-state index contributed by atoms with van der Waals surface area (Å²) in [4.78, 5) is 4.33. The monoisotopic (exact) mass is 211 g/mol. The maximum atomic E-state index is 4.33. The Morgan fingerprint density at radius 1 is 1.25 bits per heavy atom. The van der Waals surface area contributed by atoms with E-state index in [1.807, 2.05) is 49.4 Å². The van der Waals surface area contributed by atoms with Crippen molar-refractivity contribution in [3.63, 3.8) is 0 Å². The van der Waals surface area contributed by atoms with E-state index in [2.05, 4.69) is 23.7 Å². The highest BCUT2D eigenvalue weighted by atomic mass is 14.7. The molecular weight excluding hydrogens is 194 g/mol. The molecule has 1 heteroatoms. The zero-order chi connectivity index (χ0) is 11.8. The van der Waals surface area contributed by atoms with E-state index < -0.39 is 0 Å². The van der Waals surface area contributed by atoms with Crippen LogP contribution >= 0.6 is 0 Å². The maximum Gasteiger partial charge on any atom is 0.0715 e. The van der Waals surface area contributed by atoms with Gasteiger partial charge in [0.2, 0.25) is 0 Å². The Morgan fingerprint density at radius 3 is 2.44 bits per heavy atom. The first-order chi connectivity index (χ1) is 7.83. The van der Waals surface area contributed by atoms with Gasteiger partial charge in [0.15, 0.2) is 0 Å². The molecule has 0 N–H and O–H groups in total. The summed E-state index contributed by atoms with van der Waals surface area (Å²) in [6.45, 7) is 5.81. The molecule has 0 radical (unpaired) electrons. The molecule has 0 aliphatic rings. The Bertz CT molecular complexity index is 422. The lowest BCUT2D eigenvalue weighted by molar-refractivity contribution is 1.42. The Balaban J connectivity index is 3.13. The van der Waals surface area contributed by atoms with Crippen LogP contribution in [-0.4, -0.2) is 12.8 Å². The van der Waals surface area contributed by atoms with Crippen molar-refractivity contribution in [1.29, 1.82) is 0 Å². The van der Waals surface area contributed by atoms with Crippen LogP contribution in [0.25, 0.3) is 0 Å². The number of benzene rings is 1. The van der Waals surface area contributed by atoms with Gasteiger partial charge >= 0.3 is 0 Å². The van der Waals surface area contributed by atoms with Crippen molar-refractivity contribution in [2.75, 3.05) is 7.05 Å². The summed E-state index contributed by atoms with van der Waals surface area (Å²) < 4.78 is 0. The van der Waals surface area contributed by atoms with E-state index in [9.17, 15) is 0 Å². The van der Waals surface area contributed by atoms with Gasteiger partial charge < -0.3 is 0 Å². The molecule has 0 aromatic heterocycles. The van der Waals surface area contributed by atoms with E-state index in [-0.39, 0.29) is 0 Å². The summed E-state index contributed by atoms with van der Waals surface area (Å²) in [6, 6.07) is 10.1. The molecule has 82 valence electrons. The molecule has 1 rings (SSSR count). The van der Waals surface area contributed by atoms with E-state index in [0.29, 0.717) is 0 Å². The van der Waals surface area contributed by atoms with Gasteiger partial charge in [-0.05, 0) is 12.5 Å². The average molecular weight is 211 g/mol. The summed E-state index contributed by atoms with van der Waals surface area (Å²) in [7, 11) is 1.80. The van der Waals surface area contributed by atoms with Crippen molar-refractivity contribution >= 4 is 5.71 Å². The van der Waals surface area contributed by atoms with Crippen molar-refractivity contribution in [3.8, 4) is 0 Å². The minimum atomic E-state index is 0.966. The van der Waals surface area contributed by atoms with Crippen LogP contribution in [0.2, 0.25) is 0 Å². The molecule has 0 aliphatic heterocycles. The number of hydrogen-bond donors (Lipinski definition) is 0.